The minimum atomic E-state index is -0.897. The molecule has 1 aliphatic heterocycles. The summed E-state index contributed by atoms with van der Waals surface area (Å²) in [5.74, 6) is -1.25. The Balaban J connectivity index is 1.72. The second kappa shape index (κ2) is 10.2. The zero-order chi connectivity index (χ0) is 24.2. The van der Waals surface area contributed by atoms with Crippen molar-refractivity contribution in [1.29, 1.82) is 0 Å². The quantitative estimate of drug-likeness (QED) is 0.537. The number of ether oxygens (including phenoxy) is 2. The van der Waals surface area contributed by atoms with Crippen LogP contribution in [0.4, 0.5) is 0 Å². The molecule has 0 aliphatic carbocycles. The number of carbonyl (C=O) groups is 2. The first kappa shape index (κ1) is 23.7. The first-order valence-electron chi connectivity index (χ1n) is 11.6. The lowest BCUT2D eigenvalue weighted by molar-refractivity contribution is -0.118. The zero-order valence-corrected chi connectivity index (χ0v) is 19.9. The van der Waals surface area contributed by atoms with Crippen LogP contribution in [0.3, 0.4) is 0 Å². The fourth-order valence-corrected chi connectivity index (χ4v) is 4.69. The van der Waals surface area contributed by atoms with Crippen LogP contribution < -0.4 is 10.5 Å². The predicted molar refractivity (Wildman–Crippen MR) is 131 cm³/mol. The average molecular weight is 462 g/mol. The van der Waals surface area contributed by atoms with Gasteiger partial charge in [0.1, 0.15) is 17.8 Å². The maximum atomic E-state index is 12.6. The van der Waals surface area contributed by atoms with Gasteiger partial charge in [-0.25, -0.2) is 4.79 Å². The minimum Gasteiger partial charge on any atom is -0.490 e. The van der Waals surface area contributed by atoms with E-state index in [0.29, 0.717) is 22.9 Å². The third-order valence-electron chi connectivity index (χ3n) is 6.50. The van der Waals surface area contributed by atoms with E-state index in [-0.39, 0.29) is 6.10 Å². The molecule has 7 heteroatoms. The summed E-state index contributed by atoms with van der Waals surface area (Å²) in [4.78, 5) is 32.0. The lowest BCUT2D eigenvalue weighted by atomic mass is 9.86. The first-order valence-corrected chi connectivity index (χ1v) is 11.6. The number of pyridine rings is 1. The Morgan fingerprint density at radius 2 is 1.85 bits per heavy atom. The standard InChI is InChI=1S/C27H31N3O4/c1-17(2)30-14-11-19(12-15-30)34-20-8-10-21-18(16-20)7-9-22(27(32)33-3)24(21)25(26(28)31)23-6-4-5-13-29-23/h4-10,13,16-17,19,25H,11-12,14-15H2,1-3H3,(H2,28,31). The molecule has 7 nitrogen and oxygen atoms in total. The largest absolute Gasteiger partial charge is 0.490 e. The van der Waals surface area contributed by atoms with Crippen molar-refractivity contribution in [1.82, 2.24) is 9.88 Å². The van der Waals surface area contributed by atoms with E-state index in [4.69, 9.17) is 15.2 Å². The summed E-state index contributed by atoms with van der Waals surface area (Å²) < 4.78 is 11.3. The van der Waals surface area contributed by atoms with Gasteiger partial charge in [0.25, 0.3) is 0 Å². The van der Waals surface area contributed by atoms with Crippen LogP contribution >= 0.6 is 0 Å². The van der Waals surface area contributed by atoms with Gasteiger partial charge in [-0.2, -0.15) is 0 Å². The fraction of sp³-hybridized carbons (Fsp3) is 0.370. The van der Waals surface area contributed by atoms with Gasteiger partial charge in [-0.1, -0.05) is 18.2 Å². The van der Waals surface area contributed by atoms with E-state index in [1.165, 1.54) is 7.11 Å². The van der Waals surface area contributed by atoms with Crippen molar-refractivity contribution < 1.29 is 19.1 Å². The maximum absolute atomic E-state index is 12.6. The number of nitrogens with zero attached hydrogens (tertiary/aromatic N) is 2. The number of rotatable bonds is 7. The summed E-state index contributed by atoms with van der Waals surface area (Å²) in [7, 11) is 1.32. The van der Waals surface area contributed by atoms with E-state index < -0.39 is 17.8 Å². The van der Waals surface area contributed by atoms with E-state index >= 15 is 0 Å². The van der Waals surface area contributed by atoms with Crippen molar-refractivity contribution in [3.63, 3.8) is 0 Å². The summed E-state index contributed by atoms with van der Waals surface area (Å²) in [6, 6.07) is 15.1. The number of likely N-dealkylation sites (tertiary alicyclic amines) is 1. The summed E-state index contributed by atoms with van der Waals surface area (Å²) in [6.45, 7) is 6.48. The molecule has 2 aromatic carbocycles. The maximum Gasteiger partial charge on any atom is 0.338 e. The van der Waals surface area contributed by atoms with Gasteiger partial charge in [-0.3, -0.25) is 9.78 Å². The molecule has 1 atom stereocenters. The molecule has 1 aliphatic rings. The van der Waals surface area contributed by atoms with Crippen LogP contribution in [0.25, 0.3) is 10.8 Å². The second-order valence-electron chi connectivity index (χ2n) is 8.94. The van der Waals surface area contributed by atoms with E-state index in [9.17, 15) is 9.59 Å². The van der Waals surface area contributed by atoms with Crippen LogP contribution in [-0.4, -0.2) is 54.1 Å². The Bertz CT molecular complexity index is 1170. The Morgan fingerprint density at radius 3 is 2.47 bits per heavy atom. The number of amides is 1. The highest BCUT2D eigenvalue weighted by atomic mass is 16.5. The van der Waals surface area contributed by atoms with Crippen LogP contribution in [0.5, 0.6) is 5.75 Å². The highest BCUT2D eigenvalue weighted by Crippen LogP contribution is 2.35. The van der Waals surface area contributed by atoms with Gasteiger partial charge in [0, 0.05) is 25.3 Å². The molecule has 178 valence electrons. The number of fused-ring (bicyclic) bond motifs is 1. The molecule has 1 aromatic heterocycles. The zero-order valence-electron chi connectivity index (χ0n) is 19.9. The van der Waals surface area contributed by atoms with Crippen LogP contribution in [-0.2, 0) is 9.53 Å². The van der Waals surface area contributed by atoms with Gasteiger partial charge >= 0.3 is 5.97 Å². The number of esters is 1. The third kappa shape index (κ3) is 4.89. The number of hydrogen-bond acceptors (Lipinski definition) is 6. The van der Waals surface area contributed by atoms with Crippen molar-refractivity contribution in [2.75, 3.05) is 20.2 Å². The van der Waals surface area contributed by atoms with Gasteiger partial charge in [-0.05, 0) is 73.4 Å². The van der Waals surface area contributed by atoms with Crippen molar-refractivity contribution in [3.8, 4) is 5.75 Å². The molecule has 0 saturated carbocycles. The van der Waals surface area contributed by atoms with Gasteiger partial charge in [0.2, 0.25) is 5.91 Å². The Hall–Kier alpha value is -3.45. The molecule has 0 bridgehead atoms. The normalized spacial score (nSPS) is 15.9. The van der Waals surface area contributed by atoms with E-state index in [2.05, 4.69) is 23.7 Å². The van der Waals surface area contributed by atoms with E-state index in [1.807, 2.05) is 24.3 Å². The number of primary amides is 1. The number of aromatic nitrogens is 1. The molecule has 3 aromatic rings. The predicted octanol–water partition coefficient (Wildman–Crippen LogP) is 3.89. The molecular formula is C27H31N3O4. The summed E-state index contributed by atoms with van der Waals surface area (Å²) in [6.07, 6.45) is 3.72. The van der Waals surface area contributed by atoms with Gasteiger partial charge in [0.05, 0.1) is 18.4 Å². The highest BCUT2D eigenvalue weighted by molar-refractivity contribution is 6.03. The highest BCUT2D eigenvalue weighted by Gasteiger charge is 2.29. The summed E-state index contributed by atoms with van der Waals surface area (Å²) in [5, 5.41) is 1.58. The third-order valence-corrected chi connectivity index (χ3v) is 6.50. The van der Waals surface area contributed by atoms with Gasteiger partial charge in [0.15, 0.2) is 0 Å². The van der Waals surface area contributed by atoms with Crippen molar-refractivity contribution in [2.24, 2.45) is 5.73 Å². The molecule has 1 unspecified atom stereocenters. The van der Waals surface area contributed by atoms with E-state index in [0.717, 1.165) is 42.5 Å². The van der Waals surface area contributed by atoms with Gasteiger partial charge < -0.3 is 20.1 Å². The fourth-order valence-electron chi connectivity index (χ4n) is 4.69. The lowest BCUT2D eigenvalue weighted by Crippen LogP contribution is -2.41. The van der Waals surface area contributed by atoms with Crippen LogP contribution in [0.2, 0.25) is 0 Å². The number of benzene rings is 2. The summed E-state index contributed by atoms with van der Waals surface area (Å²) in [5.41, 5.74) is 7.09. The number of carbonyl (C=O) groups excluding carboxylic acids is 2. The number of hydrogen-bond donors (Lipinski definition) is 1. The van der Waals surface area contributed by atoms with Crippen molar-refractivity contribution >= 4 is 22.6 Å². The molecule has 2 heterocycles. The number of methoxy groups -OCH3 is 1. The topological polar surface area (TPSA) is 94.8 Å². The Kier molecular flexibility index (Phi) is 7.12. The molecule has 1 fully saturated rings. The molecule has 1 saturated heterocycles. The smallest absolute Gasteiger partial charge is 0.338 e. The molecule has 1 amide bonds. The van der Waals surface area contributed by atoms with Crippen LogP contribution in [0, 0.1) is 0 Å². The molecule has 0 spiro atoms. The van der Waals surface area contributed by atoms with E-state index in [1.54, 1.807) is 30.5 Å². The minimum absolute atomic E-state index is 0.160. The molecule has 2 N–H and O–H groups in total. The molecular weight excluding hydrogens is 430 g/mol. The molecule has 4 rings (SSSR count). The first-order chi connectivity index (χ1) is 16.4. The molecule has 0 radical (unpaired) electrons. The van der Waals surface area contributed by atoms with Crippen LogP contribution in [0.15, 0.2) is 54.7 Å². The lowest BCUT2D eigenvalue weighted by Gasteiger charge is -2.34. The Labute approximate surface area is 199 Å². The number of nitrogens with two attached hydrogens (primary N) is 1. The van der Waals surface area contributed by atoms with Gasteiger partial charge in [-0.15, -0.1) is 0 Å². The Morgan fingerprint density at radius 1 is 1.09 bits per heavy atom. The van der Waals surface area contributed by atoms with Crippen molar-refractivity contribution in [3.05, 3.63) is 71.5 Å². The SMILES string of the molecule is COC(=O)c1ccc2cc(OC3CCN(C(C)C)CC3)ccc2c1C(C(N)=O)c1ccccn1. The monoisotopic (exact) mass is 461 g/mol. The summed E-state index contributed by atoms with van der Waals surface area (Å²) >= 11 is 0. The van der Waals surface area contributed by atoms with Crippen molar-refractivity contribution in [2.45, 2.75) is 44.8 Å². The second-order valence-corrected chi connectivity index (χ2v) is 8.94. The average Bonchev–Trinajstić information content (AvgIpc) is 2.84. The number of piperidine rings is 1. The van der Waals surface area contributed by atoms with Crippen LogP contribution in [0.1, 0.15) is 54.2 Å². The molecule has 34 heavy (non-hydrogen) atoms.